The molecule has 2 aromatic carbocycles. The van der Waals surface area contributed by atoms with Crippen LogP contribution in [0, 0.1) is 3.57 Å². The van der Waals surface area contributed by atoms with Gasteiger partial charge in [-0.05, 0) is 59.8 Å². The molecule has 0 bridgehead atoms. The Bertz CT molecular complexity index is 630. The van der Waals surface area contributed by atoms with E-state index in [1.807, 2.05) is 36.4 Å². The first-order valence-corrected chi connectivity index (χ1v) is 7.54. The van der Waals surface area contributed by atoms with Gasteiger partial charge >= 0.3 is 0 Å². The van der Waals surface area contributed by atoms with Crippen LogP contribution in [-0.4, -0.2) is 19.1 Å². The summed E-state index contributed by atoms with van der Waals surface area (Å²) in [5, 5.41) is 2.83. The van der Waals surface area contributed by atoms with Gasteiger partial charge in [-0.25, -0.2) is 0 Å². The molecule has 1 N–H and O–H groups in total. The third-order valence-electron chi connectivity index (χ3n) is 2.83. The number of rotatable bonds is 5. The fourth-order valence-corrected chi connectivity index (χ4v) is 2.31. The average Bonchev–Trinajstić information content (AvgIpc) is 2.47. The van der Waals surface area contributed by atoms with E-state index >= 15 is 0 Å². The number of nitrogens with one attached hydrogen (secondary N) is 1. The summed E-state index contributed by atoms with van der Waals surface area (Å²) in [5.74, 6) is 0.944. The highest BCUT2D eigenvalue weighted by atomic mass is 127. The lowest BCUT2D eigenvalue weighted by Gasteiger charge is -2.16. The molecule has 0 saturated heterocycles. The Morgan fingerprint density at radius 2 is 1.86 bits per heavy atom. The molecule has 4 nitrogen and oxygen atoms in total. The molecule has 0 unspecified atom stereocenters. The van der Waals surface area contributed by atoms with Gasteiger partial charge in [0.25, 0.3) is 5.91 Å². The average molecular weight is 397 g/mol. The highest BCUT2D eigenvalue weighted by Crippen LogP contribution is 2.27. The second-order valence-corrected chi connectivity index (χ2v) is 5.66. The minimum Gasteiger partial charge on any atom is -0.493 e. The molecule has 21 heavy (non-hydrogen) atoms. The molecule has 0 spiro atoms. The monoisotopic (exact) mass is 397 g/mol. The minimum atomic E-state index is -0.626. The molecule has 0 saturated carbocycles. The summed E-state index contributed by atoms with van der Waals surface area (Å²) in [7, 11) is 1.57. The minimum absolute atomic E-state index is 0.206. The number of amides is 1. The van der Waals surface area contributed by atoms with Gasteiger partial charge in [-0.3, -0.25) is 4.79 Å². The zero-order valence-electron chi connectivity index (χ0n) is 11.8. The van der Waals surface area contributed by atoms with Crippen molar-refractivity contribution in [1.82, 2.24) is 0 Å². The molecule has 110 valence electrons. The third-order valence-corrected chi connectivity index (χ3v) is 3.51. The number of benzene rings is 2. The third kappa shape index (κ3) is 4.35. The lowest BCUT2D eigenvalue weighted by Crippen LogP contribution is -2.30. The van der Waals surface area contributed by atoms with E-state index in [9.17, 15) is 4.79 Å². The molecule has 2 rings (SSSR count). The van der Waals surface area contributed by atoms with Gasteiger partial charge in [0.2, 0.25) is 0 Å². The van der Waals surface area contributed by atoms with E-state index in [1.165, 1.54) is 0 Å². The van der Waals surface area contributed by atoms with Crippen molar-refractivity contribution in [3.05, 3.63) is 52.1 Å². The van der Waals surface area contributed by atoms with Gasteiger partial charge in [-0.15, -0.1) is 0 Å². The first kappa shape index (κ1) is 15.6. The Morgan fingerprint density at radius 1 is 1.14 bits per heavy atom. The lowest BCUT2D eigenvalue weighted by atomic mass is 10.3. The lowest BCUT2D eigenvalue weighted by molar-refractivity contribution is -0.122. The molecule has 2 aromatic rings. The smallest absolute Gasteiger partial charge is 0.265 e. The Morgan fingerprint density at radius 3 is 2.52 bits per heavy atom. The molecule has 0 aliphatic rings. The molecule has 0 aromatic heterocycles. The molecule has 0 aliphatic heterocycles. The van der Waals surface area contributed by atoms with E-state index in [-0.39, 0.29) is 5.91 Å². The molecular formula is C16H16INO3. The van der Waals surface area contributed by atoms with E-state index in [0.717, 1.165) is 9.26 Å². The first-order valence-electron chi connectivity index (χ1n) is 6.46. The molecule has 0 aliphatic carbocycles. The summed E-state index contributed by atoms with van der Waals surface area (Å²) >= 11 is 2.20. The molecule has 0 radical (unpaired) electrons. The number of halogens is 1. The van der Waals surface area contributed by atoms with E-state index in [1.54, 1.807) is 26.2 Å². The number of hydrogen-bond donors (Lipinski definition) is 1. The highest BCUT2D eigenvalue weighted by Gasteiger charge is 2.16. The summed E-state index contributed by atoms with van der Waals surface area (Å²) in [6.45, 7) is 1.70. The van der Waals surface area contributed by atoms with Gasteiger partial charge in [0, 0.05) is 9.26 Å². The van der Waals surface area contributed by atoms with Crippen LogP contribution in [0.2, 0.25) is 0 Å². The molecule has 5 heteroatoms. The van der Waals surface area contributed by atoms with Crippen LogP contribution < -0.4 is 14.8 Å². The molecule has 1 atom stereocenters. The largest absolute Gasteiger partial charge is 0.493 e. The standard InChI is InChI=1S/C16H16INO3/c1-11(21-15-9-4-3-8-14(15)20-2)16(19)18-13-7-5-6-12(17)10-13/h3-11H,1-2H3,(H,18,19)/t11-/m0/s1. The Kier molecular flexibility index (Phi) is 5.44. The zero-order valence-corrected chi connectivity index (χ0v) is 14.0. The van der Waals surface area contributed by atoms with Crippen LogP contribution in [0.1, 0.15) is 6.92 Å². The van der Waals surface area contributed by atoms with E-state index < -0.39 is 6.10 Å². The van der Waals surface area contributed by atoms with Crippen molar-refractivity contribution in [1.29, 1.82) is 0 Å². The molecular weight excluding hydrogens is 381 g/mol. The maximum Gasteiger partial charge on any atom is 0.265 e. The van der Waals surface area contributed by atoms with Gasteiger partial charge in [0.1, 0.15) is 0 Å². The highest BCUT2D eigenvalue weighted by molar-refractivity contribution is 14.1. The number of ether oxygens (including phenoxy) is 2. The number of carbonyl (C=O) groups excluding carboxylic acids is 1. The number of hydrogen-bond acceptors (Lipinski definition) is 3. The topological polar surface area (TPSA) is 47.6 Å². The van der Waals surface area contributed by atoms with Gasteiger partial charge in [0.05, 0.1) is 7.11 Å². The SMILES string of the molecule is COc1ccccc1O[C@@H](C)C(=O)Nc1cccc(I)c1. The quantitative estimate of drug-likeness (QED) is 0.783. The van der Waals surface area contributed by atoms with Gasteiger partial charge in [-0.2, -0.15) is 0 Å². The number of carbonyl (C=O) groups is 1. The van der Waals surface area contributed by atoms with Crippen molar-refractivity contribution in [3.63, 3.8) is 0 Å². The van der Waals surface area contributed by atoms with Crippen LogP contribution >= 0.6 is 22.6 Å². The normalized spacial score (nSPS) is 11.6. The first-order chi connectivity index (χ1) is 10.1. The van der Waals surface area contributed by atoms with Gasteiger partial charge < -0.3 is 14.8 Å². The van der Waals surface area contributed by atoms with Crippen LogP contribution in [0.5, 0.6) is 11.5 Å². The van der Waals surface area contributed by atoms with Crippen LogP contribution in [-0.2, 0) is 4.79 Å². The molecule has 0 fully saturated rings. The molecule has 1 amide bonds. The van der Waals surface area contributed by atoms with Crippen molar-refractivity contribution in [2.45, 2.75) is 13.0 Å². The van der Waals surface area contributed by atoms with Crippen LogP contribution in [0.15, 0.2) is 48.5 Å². The van der Waals surface area contributed by atoms with Gasteiger partial charge in [-0.1, -0.05) is 18.2 Å². The fourth-order valence-electron chi connectivity index (χ4n) is 1.77. The Hall–Kier alpha value is -1.76. The second kappa shape index (κ2) is 7.31. The van der Waals surface area contributed by atoms with Crippen molar-refractivity contribution in [2.75, 3.05) is 12.4 Å². The predicted octanol–water partition coefficient (Wildman–Crippen LogP) is 3.71. The summed E-state index contributed by atoms with van der Waals surface area (Å²) in [6.07, 6.45) is -0.626. The van der Waals surface area contributed by atoms with Crippen molar-refractivity contribution in [2.24, 2.45) is 0 Å². The van der Waals surface area contributed by atoms with Crippen molar-refractivity contribution >= 4 is 34.2 Å². The summed E-state index contributed by atoms with van der Waals surface area (Å²) in [4.78, 5) is 12.1. The predicted molar refractivity (Wildman–Crippen MR) is 90.9 cm³/mol. The van der Waals surface area contributed by atoms with E-state index in [4.69, 9.17) is 9.47 Å². The maximum absolute atomic E-state index is 12.1. The fraction of sp³-hybridized carbons (Fsp3) is 0.188. The van der Waals surface area contributed by atoms with Crippen molar-refractivity contribution < 1.29 is 14.3 Å². The maximum atomic E-state index is 12.1. The Balaban J connectivity index is 2.02. The summed E-state index contributed by atoms with van der Waals surface area (Å²) < 4.78 is 11.9. The summed E-state index contributed by atoms with van der Waals surface area (Å²) in [5.41, 5.74) is 0.752. The summed E-state index contributed by atoms with van der Waals surface area (Å²) in [6, 6.07) is 14.8. The second-order valence-electron chi connectivity index (χ2n) is 4.41. The molecule has 0 heterocycles. The van der Waals surface area contributed by atoms with Gasteiger partial charge in [0.15, 0.2) is 17.6 Å². The van der Waals surface area contributed by atoms with Crippen LogP contribution in [0.3, 0.4) is 0 Å². The van der Waals surface area contributed by atoms with Crippen LogP contribution in [0.25, 0.3) is 0 Å². The van der Waals surface area contributed by atoms with Crippen LogP contribution in [0.4, 0.5) is 5.69 Å². The van der Waals surface area contributed by atoms with E-state index in [2.05, 4.69) is 27.9 Å². The zero-order chi connectivity index (χ0) is 15.2. The van der Waals surface area contributed by atoms with Crippen molar-refractivity contribution in [3.8, 4) is 11.5 Å². The number of anilines is 1. The Labute approximate surface area is 137 Å². The number of para-hydroxylation sites is 2. The number of methoxy groups -OCH3 is 1. The van der Waals surface area contributed by atoms with E-state index in [0.29, 0.717) is 11.5 Å².